The van der Waals surface area contributed by atoms with E-state index in [1.165, 1.54) is 11.3 Å². The average Bonchev–Trinajstić information content (AvgIpc) is 3.08. The van der Waals surface area contributed by atoms with Crippen molar-refractivity contribution < 1.29 is 19.7 Å². The Bertz CT molecular complexity index is 573. The van der Waals surface area contributed by atoms with E-state index in [4.69, 9.17) is 4.74 Å². The van der Waals surface area contributed by atoms with E-state index in [-0.39, 0.29) is 6.42 Å². The van der Waals surface area contributed by atoms with E-state index >= 15 is 0 Å². The summed E-state index contributed by atoms with van der Waals surface area (Å²) in [4.78, 5) is 12.8. The molecule has 0 spiro atoms. The Morgan fingerprint density at radius 1 is 1.23 bits per heavy atom. The summed E-state index contributed by atoms with van der Waals surface area (Å²) >= 11 is 1.44. The van der Waals surface area contributed by atoms with Crippen molar-refractivity contribution in [3.05, 3.63) is 58.3 Å². The van der Waals surface area contributed by atoms with Gasteiger partial charge in [0.05, 0.1) is 6.10 Å². The molecule has 2 rings (SSSR count). The zero-order valence-corrected chi connectivity index (χ0v) is 13.0. The van der Waals surface area contributed by atoms with Gasteiger partial charge in [0.1, 0.15) is 0 Å². The molecule has 6 heteroatoms. The number of thiophene rings is 1. The van der Waals surface area contributed by atoms with Crippen LogP contribution in [0.3, 0.4) is 0 Å². The number of hydrogen-bond acceptors (Lipinski definition) is 6. The number of aliphatic hydroxyl groups is 2. The fourth-order valence-electron chi connectivity index (χ4n) is 2.00. The molecule has 0 amide bonds. The van der Waals surface area contributed by atoms with Crippen LogP contribution in [0.2, 0.25) is 0 Å². The van der Waals surface area contributed by atoms with Crippen molar-refractivity contribution in [3.8, 4) is 0 Å². The molecule has 118 valence electrons. The molecule has 0 aliphatic carbocycles. The smallest absolute Gasteiger partial charge is 0.341 e. The molecule has 3 N–H and O–H groups in total. The van der Waals surface area contributed by atoms with E-state index in [0.717, 1.165) is 4.88 Å². The van der Waals surface area contributed by atoms with Crippen LogP contribution in [0.15, 0.2) is 47.8 Å². The number of benzene rings is 1. The van der Waals surface area contributed by atoms with E-state index in [9.17, 15) is 15.0 Å². The first kappa shape index (κ1) is 16.6. The third kappa shape index (κ3) is 4.38. The highest BCUT2D eigenvalue weighted by Gasteiger charge is 2.24. The molecule has 22 heavy (non-hydrogen) atoms. The minimum Gasteiger partial charge on any atom is -0.444 e. The van der Waals surface area contributed by atoms with Gasteiger partial charge in [-0.25, -0.2) is 4.79 Å². The van der Waals surface area contributed by atoms with Crippen LogP contribution in [-0.4, -0.2) is 29.5 Å². The minimum absolute atomic E-state index is 0.213. The van der Waals surface area contributed by atoms with Crippen LogP contribution < -0.4 is 5.32 Å². The Labute approximate surface area is 133 Å². The summed E-state index contributed by atoms with van der Waals surface area (Å²) in [7, 11) is 1.63. The molecule has 1 heterocycles. The fraction of sp³-hybridized carbons (Fsp3) is 0.312. The molecule has 3 atom stereocenters. The number of ether oxygens (including phenoxy) is 1. The van der Waals surface area contributed by atoms with E-state index < -0.39 is 24.4 Å². The molecular weight excluding hydrogens is 302 g/mol. The largest absolute Gasteiger partial charge is 0.444 e. The first-order chi connectivity index (χ1) is 10.6. The maximum absolute atomic E-state index is 12.0. The first-order valence-electron chi connectivity index (χ1n) is 6.94. The van der Waals surface area contributed by atoms with Gasteiger partial charge in [-0.05, 0) is 24.1 Å². The Morgan fingerprint density at radius 3 is 2.55 bits per heavy atom. The van der Waals surface area contributed by atoms with Crippen LogP contribution in [0.1, 0.15) is 29.1 Å². The van der Waals surface area contributed by atoms with Crippen LogP contribution in [-0.2, 0) is 9.53 Å². The van der Waals surface area contributed by atoms with Crippen LogP contribution in [0.25, 0.3) is 0 Å². The lowest BCUT2D eigenvalue weighted by Crippen LogP contribution is -2.34. The van der Waals surface area contributed by atoms with Gasteiger partial charge in [-0.2, -0.15) is 0 Å². The van der Waals surface area contributed by atoms with Crippen LogP contribution in [0.5, 0.6) is 0 Å². The van der Waals surface area contributed by atoms with Gasteiger partial charge < -0.3 is 14.9 Å². The fourth-order valence-corrected chi connectivity index (χ4v) is 2.73. The molecule has 0 radical (unpaired) electrons. The molecule has 0 bridgehead atoms. The van der Waals surface area contributed by atoms with Gasteiger partial charge in [0.15, 0.2) is 12.3 Å². The Balaban J connectivity index is 1.93. The number of esters is 1. The number of carbonyl (C=O) groups is 1. The molecule has 0 fully saturated rings. The molecule has 0 aliphatic rings. The molecule has 0 saturated heterocycles. The minimum atomic E-state index is -1.34. The molecule has 0 saturated carbocycles. The van der Waals surface area contributed by atoms with Gasteiger partial charge in [0.2, 0.25) is 0 Å². The number of hydrogen-bond donors (Lipinski definition) is 3. The summed E-state index contributed by atoms with van der Waals surface area (Å²) in [5.74, 6) is -0.746. The second-order valence-corrected chi connectivity index (χ2v) is 5.77. The SMILES string of the molecule is CNC(C[C@@H](O)c1cccs1)OC(=O)[C@H](O)c1ccccc1. The van der Waals surface area contributed by atoms with Crippen molar-refractivity contribution >= 4 is 17.3 Å². The van der Waals surface area contributed by atoms with Crippen LogP contribution in [0.4, 0.5) is 0 Å². The normalized spacial score (nSPS) is 15.0. The van der Waals surface area contributed by atoms with Crippen molar-refractivity contribution in [1.29, 1.82) is 0 Å². The topological polar surface area (TPSA) is 78.8 Å². The van der Waals surface area contributed by atoms with Crippen molar-refractivity contribution in [3.63, 3.8) is 0 Å². The average molecular weight is 321 g/mol. The lowest BCUT2D eigenvalue weighted by Gasteiger charge is -2.21. The second kappa shape index (κ2) is 8.05. The second-order valence-electron chi connectivity index (χ2n) is 4.79. The third-order valence-electron chi connectivity index (χ3n) is 3.23. The molecule has 1 aromatic carbocycles. The van der Waals surface area contributed by atoms with Crippen LogP contribution >= 0.6 is 11.3 Å². The number of rotatable bonds is 7. The van der Waals surface area contributed by atoms with Gasteiger partial charge in [0.25, 0.3) is 0 Å². The molecule has 0 aliphatic heterocycles. The highest BCUT2D eigenvalue weighted by molar-refractivity contribution is 7.10. The van der Waals surface area contributed by atoms with E-state index in [1.54, 1.807) is 37.4 Å². The predicted octanol–water partition coefficient (Wildman–Crippen LogP) is 1.99. The Kier molecular flexibility index (Phi) is 6.09. The van der Waals surface area contributed by atoms with E-state index in [2.05, 4.69) is 5.32 Å². The van der Waals surface area contributed by atoms with E-state index in [0.29, 0.717) is 5.56 Å². The first-order valence-corrected chi connectivity index (χ1v) is 7.82. The Morgan fingerprint density at radius 2 is 1.95 bits per heavy atom. The molecule has 1 aromatic heterocycles. The molecule has 2 aromatic rings. The Hall–Kier alpha value is -1.73. The van der Waals surface area contributed by atoms with E-state index in [1.807, 2.05) is 17.5 Å². The summed E-state index contributed by atoms with van der Waals surface area (Å²) in [6.45, 7) is 0. The molecule has 1 unspecified atom stereocenters. The highest BCUT2D eigenvalue weighted by atomic mass is 32.1. The summed E-state index contributed by atoms with van der Waals surface area (Å²) in [6.07, 6.45) is -2.53. The van der Waals surface area contributed by atoms with Crippen molar-refractivity contribution in [2.24, 2.45) is 0 Å². The van der Waals surface area contributed by atoms with Crippen LogP contribution in [0, 0.1) is 0 Å². The maximum atomic E-state index is 12.0. The zero-order chi connectivity index (χ0) is 15.9. The maximum Gasteiger partial charge on any atom is 0.341 e. The van der Waals surface area contributed by atoms with Gasteiger partial charge in [-0.1, -0.05) is 36.4 Å². The molecule has 5 nitrogen and oxygen atoms in total. The van der Waals surface area contributed by atoms with Gasteiger partial charge in [-0.3, -0.25) is 5.32 Å². The number of aliphatic hydroxyl groups excluding tert-OH is 2. The van der Waals surface area contributed by atoms with Crippen molar-refractivity contribution in [1.82, 2.24) is 5.32 Å². The van der Waals surface area contributed by atoms with Gasteiger partial charge in [-0.15, -0.1) is 11.3 Å². The summed E-state index contributed by atoms with van der Waals surface area (Å²) < 4.78 is 5.23. The van der Waals surface area contributed by atoms with Crippen molar-refractivity contribution in [2.45, 2.75) is 24.9 Å². The predicted molar refractivity (Wildman–Crippen MR) is 84.2 cm³/mol. The standard InChI is InChI=1S/C16H19NO4S/c1-17-14(10-12(18)13-8-5-9-22-13)21-16(20)15(19)11-6-3-2-4-7-11/h2-9,12,14-15,17-19H,10H2,1H3/t12-,14?,15-/m1/s1. The summed E-state index contributed by atoms with van der Waals surface area (Å²) in [5.41, 5.74) is 0.473. The van der Waals surface area contributed by atoms with Crippen molar-refractivity contribution in [2.75, 3.05) is 7.05 Å². The number of nitrogens with one attached hydrogen (secondary N) is 1. The lowest BCUT2D eigenvalue weighted by molar-refractivity contribution is -0.162. The summed E-state index contributed by atoms with van der Waals surface area (Å²) in [6, 6.07) is 12.3. The quantitative estimate of drug-likeness (QED) is 0.537. The molecular formula is C16H19NO4S. The lowest BCUT2D eigenvalue weighted by atomic mass is 10.1. The number of carbonyl (C=O) groups excluding carboxylic acids is 1. The highest BCUT2D eigenvalue weighted by Crippen LogP contribution is 2.24. The van der Waals surface area contributed by atoms with Gasteiger partial charge in [0, 0.05) is 11.3 Å². The monoisotopic (exact) mass is 321 g/mol. The third-order valence-corrected chi connectivity index (χ3v) is 4.20. The zero-order valence-electron chi connectivity index (χ0n) is 12.2. The van der Waals surface area contributed by atoms with Gasteiger partial charge >= 0.3 is 5.97 Å². The summed E-state index contributed by atoms with van der Waals surface area (Å²) in [5, 5.41) is 24.8.